The van der Waals surface area contributed by atoms with E-state index in [1.807, 2.05) is 0 Å². The van der Waals surface area contributed by atoms with Crippen molar-refractivity contribution in [3.63, 3.8) is 0 Å². The summed E-state index contributed by atoms with van der Waals surface area (Å²) < 4.78 is 0. The monoisotopic (exact) mass is 294 g/mol. The molecule has 0 spiro atoms. The van der Waals surface area contributed by atoms with Gasteiger partial charge in [0.15, 0.2) is 0 Å². The molecule has 1 fully saturated rings. The van der Waals surface area contributed by atoms with Crippen LogP contribution in [-0.4, -0.2) is 4.83 Å². The topological polar surface area (TPSA) is 0 Å². The highest BCUT2D eigenvalue weighted by Crippen LogP contribution is 2.30. The number of hydrogen-bond acceptors (Lipinski definition) is 0. The Morgan fingerprint density at radius 2 is 1.82 bits per heavy atom. The van der Waals surface area contributed by atoms with Crippen molar-refractivity contribution >= 4 is 15.9 Å². The summed E-state index contributed by atoms with van der Waals surface area (Å²) >= 11 is 3.84. The number of aryl methyl sites for hydroxylation is 1. The van der Waals surface area contributed by atoms with Crippen LogP contribution in [-0.2, 0) is 6.42 Å². The molecule has 0 aliphatic heterocycles. The third-order valence-corrected chi connectivity index (χ3v) is 4.72. The summed E-state index contributed by atoms with van der Waals surface area (Å²) in [5.74, 6) is 1.02. The molecular weight excluding hydrogens is 272 g/mol. The quantitative estimate of drug-likeness (QED) is 0.649. The summed E-state index contributed by atoms with van der Waals surface area (Å²) in [5.41, 5.74) is 2.81. The first-order chi connectivity index (χ1) is 8.24. The van der Waals surface area contributed by atoms with Crippen molar-refractivity contribution in [2.75, 3.05) is 0 Å². The molecule has 1 heteroatoms. The Bertz CT molecular complexity index is 322. The molecule has 1 aromatic rings. The molecular formula is C16H23Br. The number of halogens is 1. The molecule has 0 radical (unpaired) electrons. The van der Waals surface area contributed by atoms with Crippen molar-refractivity contribution in [3.05, 3.63) is 35.4 Å². The smallest absolute Gasteiger partial charge is 0.0186 e. The minimum Gasteiger partial charge on any atom is -0.0887 e. The normalized spacial score (nSPS) is 18.5. The SMILES string of the molecule is Cc1ccc(CC(Br)CCC2CCCC2)cc1. The Hall–Kier alpha value is -0.300. The first kappa shape index (κ1) is 13.1. The van der Waals surface area contributed by atoms with Crippen molar-refractivity contribution in [2.45, 2.75) is 56.7 Å². The Balaban J connectivity index is 1.72. The highest BCUT2D eigenvalue weighted by molar-refractivity contribution is 9.09. The standard InChI is InChI=1S/C16H23Br/c1-13-6-8-15(9-7-13)12-16(17)11-10-14-4-2-3-5-14/h6-9,14,16H,2-5,10-12H2,1H3. The van der Waals surface area contributed by atoms with Gasteiger partial charge in [-0.05, 0) is 37.7 Å². The van der Waals surface area contributed by atoms with Gasteiger partial charge in [-0.1, -0.05) is 71.4 Å². The second kappa shape index (κ2) is 6.58. The number of alkyl halides is 1. The van der Waals surface area contributed by atoms with Gasteiger partial charge in [0.05, 0.1) is 0 Å². The maximum Gasteiger partial charge on any atom is 0.0186 e. The number of rotatable bonds is 5. The van der Waals surface area contributed by atoms with E-state index in [9.17, 15) is 0 Å². The van der Waals surface area contributed by atoms with E-state index in [1.54, 1.807) is 0 Å². The molecule has 94 valence electrons. The van der Waals surface area contributed by atoms with Crippen LogP contribution in [0.15, 0.2) is 24.3 Å². The minimum absolute atomic E-state index is 0.658. The Labute approximate surface area is 114 Å². The lowest BCUT2D eigenvalue weighted by Crippen LogP contribution is -2.05. The Kier molecular flexibility index (Phi) is 5.09. The molecule has 0 heterocycles. The summed E-state index contributed by atoms with van der Waals surface area (Å²) in [6.07, 6.45) is 9.81. The average molecular weight is 295 g/mol. The maximum atomic E-state index is 3.84. The van der Waals surface area contributed by atoms with Crippen LogP contribution in [0.2, 0.25) is 0 Å². The third-order valence-electron chi connectivity index (χ3n) is 3.94. The van der Waals surface area contributed by atoms with Gasteiger partial charge in [-0.3, -0.25) is 0 Å². The van der Waals surface area contributed by atoms with E-state index in [0.717, 1.165) is 5.92 Å². The number of benzene rings is 1. The van der Waals surface area contributed by atoms with E-state index >= 15 is 0 Å². The lowest BCUT2D eigenvalue weighted by atomic mass is 9.98. The largest absolute Gasteiger partial charge is 0.0887 e. The lowest BCUT2D eigenvalue weighted by Gasteiger charge is -2.13. The molecule has 1 aliphatic carbocycles. The van der Waals surface area contributed by atoms with Gasteiger partial charge in [-0.2, -0.15) is 0 Å². The van der Waals surface area contributed by atoms with Crippen LogP contribution in [0.25, 0.3) is 0 Å². The molecule has 0 N–H and O–H groups in total. The zero-order valence-electron chi connectivity index (χ0n) is 10.8. The fourth-order valence-electron chi connectivity index (χ4n) is 2.80. The predicted molar refractivity (Wildman–Crippen MR) is 78.8 cm³/mol. The molecule has 0 bridgehead atoms. The second-order valence-electron chi connectivity index (χ2n) is 5.51. The van der Waals surface area contributed by atoms with E-state index in [4.69, 9.17) is 0 Å². The van der Waals surface area contributed by atoms with E-state index in [-0.39, 0.29) is 0 Å². The van der Waals surface area contributed by atoms with E-state index in [2.05, 4.69) is 47.1 Å². The Morgan fingerprint density at radius 3 is 2.47 bits per heavy atom. The fraction of sp³-hybridized carbons (Fsp3) is 0.625. The van der Waals surface area contributed by atoms with Crippen molar-refractivity contribution in [2.24, 2.45) is 5.92 Å². The lowest BCUT2D eigenvalue weighted by molar-refractivity contribution is 0.479. The van der Waals surface area contributed by atoms with Crippen LogP contribution in [0, 0.1) is 12.8 Å². The van der Waals surface area contributed by atoms with Gasteiger partial charge < -0.3 is 0 Å². The Morgan fingerprint density at radius 1 is 1.18 bits per heavy atom. The molecule has 0 nitrogen and oxygen atoms in total. The minimum atomic E-state index is 0.658. The van der Waals surface area contributed by atoms with Crippen LogP contribution in [0.1, 0.15) is 49.7 Å². The average Bonchev–Trinajstić information content (AvgIpc) is 2.83. The van der Waals surface area contributed by atoms with Gasteiger partial charge in [-0.15, -0.1) is 0 Å². The first-order valence-electron chi connectivity index (χ1n) is 6.93. The molecule has 1 saturated carbocycles. The van der Waals surface area contributed by atoms with Crippen molar-refractivity contribution in [3.8, 4) is 0 Å². The highest BCUT2D eigenvalue weighted by atomic mass is 79.9. The van der Waals surface area contributed by atoms with Crippen LogP contribution in [0.4, 0.5) is 0 Å². The molecule has 1 aromatic carbocycles. The maximum absolute atomic E-state index is 3.84. The predicted octanol–water partition coefficient (Wildman–Crippen LogP) is 5.27. The molecule has 0 saturated heterocycles. The summed E-state index contributed by atoms with van der Waals surface area (Å²) in [6.45, 7) is 2.15. The zero-order valence-corrected chi connectivity index (χ0v) is 12.4. The van der Waals surface area contributed by atoms with E-state index in [1.165, 1.54) is 56.1 Å². The zero-order chi connectivity index (χ0) is 12.1. The fourth-order valence-corrected chi connectivity index (χ4v) is 3.44. The number of hydrogen-bond donors (Lipinski definition) is 0. The highest BCUT2D eigenvalue weighted by Gasteiger charge is 2.16. The molecule has 17 heavy (non-hydrogen) atoms. The second-order valence-corrected chi connectivity index (χ2v) is 6.81. The van der Waals surface area contributed by atoms with Crippen molar-refractivity contribution in [1.82, 2.24) is 0 Å². The van der Waals surface area contributed by atoms with E-state index in [0.29, 0.717) is 4.83 Å². The molecule has 2 rings (SSSR count). The third kappa shape index (κ3) is 4.46. The van der Waals surface area contributed by atoms with Crippen LogP contribution in [0.3, 0.4) is 0 Å². The van der Waals surface area contributed by atoms with Crippen molar-refractivity contribution in [1.29, 1.82) is 0 Å². The summed E-state index contributed by atoms with van der Waals surface area (Å²) in [5, 5.41) is 0. The van der Waals surface area contributed by atoms with E-state index < -0.39 is 0 Å². The molecule has 0 amide bonds. The van der Waals surface area contributed by atoms with Gasteiger partial charge in [0, 0.05) is 4.83 Å². The van der Waals surface area contributed by atoms with Gasteiger partial charge in [0.25, 0.3) is 0 Å². The first-order valence-corrected chi connectivity index (χ1v) is 7.85. The van der Waals surface area contributed by atoms with Crippen LogP contribution in [0.5, 0.6) is 0 Å². The summed E-state index contributed by atoms with van der Waals surface area (Å²) in [7, 11) is 0. The molecule has 1 aliphatic rings. The van der Waals surface area contributed by atoms with Gasteiger partial charge >= 0.3 is 0 Å². The van der Waals surface area contributed by atoms with Crippen LogP contribution >= 0.6 is 15.9 Å². The van der Waals surface area contributed by atoms with Gasteiger partial charge in [0.2, 0.25) is 0 Å². The van der Waals surface area contributed by atoms with Crippen LogP contribution < -0.4 is 0 Å². The summed E-state index contributed by atoms with van der Waals surface area (Å²) in [6, 6.07) is 8.95. The molecule has 1 atom stereocenters. The van der Waals surface area contributed by atoms with Crippen molar-refractivity contribution < 1.29 is 0 Å². The van der Waals surface area contributed by atoms with Gasteiger partial charge in [0.1, 0.15) is 0 Å². The summed E-state index contributed by atoms with van der Waals surface area (Å²) in [4.78, 5) is 0.658. The molecule has 0 aromatic heterocycles. The van der Waals surface area contributed by atoms with Gasteiger partial charge in [-0.25, -0.2) is 0 Å². The molecule has 1 unspecified atom stereocenters.